The van der Waals surface area contributed by atoms with Crippen LogP contribution in [-0.2, 0) is 27.9 Å². The summed E-state index contributed by atoms with van der Waals surface area (Å²) in [5, 5.41) is 0. The topological polar surface area (TPSA) is 91.3 Å². The van der Waals surface area contributed by atoms with Crippen molar-refractivity contribution in [2.75, 3.05) is 54.1 Å². The van der Waals surface area contributed by atoms with Crippen molar-refractivity contribution < 1.29 is 37.3 Å². The van der Waals surface area contributed by atoms with E-state index >= 15 is 0 Å². The standard InChI is InChI=1S/C54H108NO7P/c1-6-8-10-12-14-16-18-20-22-24-26-27-28-30-32-34-36-38-40-42-44-46-49-59-51-53(52-61-63(57,58)60-50-48-55(3,4)5)62-54(56)47-45-43-41-39-37-35-33-31-29-25-23-21-19-17-15-13-11-9-7-2/h21,23,53H,6-20,22,24-52H2,1-5H3/p+1/b23-21-. The third-order valence-electron chi connectivity index (χ3n) is 12.3. The molecule has 0 aliphatic carbocycles. The molecule has 8 nitrogen and oxygen atoms in total. The van der Waals surface area contributed by atoms with E-state index in [1.807, 2.05) is 21.1 Å². The highest BCUT2D eigenvalue weighted by Gasteiger charge is 2.26. The van der Waals surface area contributed by atoms with Gasteiger partial charge < -0.3 is 18.9 Å². The number of carbonyl (C=O) groups is 1. The molecule has 0 aromatic rings. The molecule has 2 atom stereocenters. The Labute approximate surface area is 392 Å². The van der Waals surface area contributed by atoms with E-state index in [4.69, 9.17) is 18.5 Å². The first-order chi connectivity index (χ1) is 30.6. The van der Waals surface area contributed by atoms with Crippen molar-refractivity contribution in [3.8, 4) is 0 Å². The summed E-state index contributed by atoms with van der Waals surface area (Å²) in [4.78, 5) is 23.0. The second-order valence-electron chi connectivity index (χ2n) is 20.0. The molecule has 0 spiro atoms. The second kappa shape index (κ2) is 47.7. The minimum atomic E-state index is -4.28. The quantitative estimate of drug-likeness (QED) is 0.0214. The monoisotopic (exact) mass is 915 g/mol. The van der Waals surface area contributed by atoms with Gasteiger partial charge in [-0.1, -0.05) is 238 Å². The smallest absolute Gasteiger partial charge is 0.457 e. The Kier molecular flexibility index (Phi) is 47.1. The zero-order valence-electron chi connectivity index (χ0n) is 42.8. The van der Waals surface area contributed by atoms with Crippen molar-refractivity contribution in [3.05, 3.63) is 12.2 Å². The van der Waals surface area contributed by atoms with Gasteiger partial charge in [0.25, 0.3) is 0 Å². The lowest BCUT2D eigenvalue weighted by atomic mass is 10.0. The summed E-state index contributed by atoms with van der Waals surface area (Å²) in [6.07, 6.45) is 55.5. The predicted molar refractivity (Wildman–Crippen MR) is 270 cm³/mol. The number of esters is 1. The molecule has 376 valence electrons. The Morgan fingerprint density at radius 3 is 1.21 bits per heavy atom. The Morgan fingerprint density at radius 1 is 0.476 bits per heavy atom. The highest BCUT2D eigenvalue weighted by atomic mass is 31.2. The number of unbranched alkanes of at least 4 members (excludes halogenated alkanes) is 36. The number of hydrogen-bond donors (Lipinski definition) is 1. The molecular formula is C54H109NO7P+. The van der Waals surface area contributed by atoms with E-state index in [9.17, 15) is 14.3 Å². The van der Waals surface area contributed by atoms with Gasteiger partial charge in [-0.15, -0.1) is 0 Å². The lowest BCUT2D eigenvalue weighted by Crippen LogP contribution is -2.37. The largest absolute Gasteiger partial charge is 0.472 e. The predicted octanol–water partition coefficient (Wildman–Crippen LogP) is 17.0. The Bertz CT molecular complexity index is 1020. The molecule has 0 saturated carbocycles. The normalized spacial score (nSPS) is 13.6. The fourth-order valence-corrected chi connectivity index (χ4v) is 8.82. The maximum Gasteiger partial charge on any atom is 0.472 e. The third kappa shape index (κ3) is 52.1. The number of quaternary nitrogens is 1. The first-order valence-corrected chi connectivity index (χ1v) is 28.9. The highest BCUT2D eigenvalue weighted by molar-refractivity contribution is 7.47. The number of carbonyl (C=O) groups excluding carboxylic acids is 1. The SMILES string of the molecule is CCCCCCCC/C=C\CCCCCCCCCCCC(=O)OC(COCCCCCCCCCCCCCCCCCCCCCCCC)COP(=O)(O)OCC[N+](C)(C)C. The molecule has 9 heteroatoms. The summed E-state index contributed by atoms with van der Waals surface area (Å²) in [6.45, 7) is 5.69. The number of rotatable bonds is 52. The molecule has 0 aromatic heterocycles. The second-order valence-corrected chi connectivity index (χ2v) is 21.4. The summed E-state index contributed by atoms with van der Waals surface area (Å²) in [7, 11) is 1.68. The van der Waals surface area contributed by atoms with Crippen LogP contribution in [-0.4, -0.2) is 75.6 Å². The molecule has 0 aliphatic rings. The number of phosphoric ester groups is 1. The van der Waals surface area contributed by atoms with Crippen molar-refractivity contribution in [1.29, 1.82) is 0 Å². The van der Waals surface area contributed by atoms with Gasteiger partial charge in [0.1, 0.15) is 19.3 Å². The van der Waals surface area contributed by atoms with Crippen LogP contribution < -0.4 is 0 Å². The van der Waals surface area contributed by atoms with E-state index in [1.165, 1.54) is 218 Å². The summed E-state index contributed by atoms with van der Waals surface area (Å²) in [5.74, 6) is -0.309. The van der Waals surface area contributed by atoms with Gasteiger partial charge in [-0.3, -0.25) is 13.8 Å². The molecule has 0 amide bonds. The van der Waals surface area contributed by atoms with Gasteiger partial charge in [0.05, 0.1) is 34.4 Å². The maximum atomic E-state index is 12.8. The van der Waals surface area contributed by atoms with E-state index < -0.39 is 13.9 Å². The number of ether oxygens (including phenoxy) is 2. The van der Waals surface area contributed by atoms with Crippen molar-refractivity contribution >= 4 is 13.8 Å². The number of hydrogen-bond acceptors (Lipinski definition) is 6. The van der Waals surface area contributed by atoms with E-state index in [0.717, 1.165) is 32.1 Å². The minimum absolute atomic E-state index is 0.0920. The van der Waals surface area contributed by atoms with E-state index in [-0.39, 0.29) is 25.8 Å². The van der Waals surface area contributed by atoms with Crippen LogP contribution in [0.15, 0.2) is 12.2 Å². The lowest BCUT2D eigenvalue weighted by Gasteiger charge is -2.24. The minimum Gasteiger partial charge on any atom is -0.457 e. The highest BCUT2D eigenvalue weighted by Crippen LogP contribution is 2.43. The summed E-state index contributed by atoms with van der Waals surface area (Å²) < 4.78 is 35.2. The van der Waals surface area contributed by atoms with Crippen molar-refractivity contribution in [1.82, 2.24) is 0 Å². The van der Waals surface area contributed by atoms with Crippen LogP contribution in [0, 0.1) is 0 Å². The van der Waals surface area contributed by atoms with Crippen LogP contribution in [0.2, 0.25) is 0 Å². The van der Waals surface area contributed by atoms with Crippen LogP contribution >= 0.6 is 7.82 Å². The summed E-state index contributed by atoms with van der Waals surface area (Å²) >= 11 is 0. The van der Waals surface area contributed by atoms with Crippen LogP contribution in [0.5, 0.6) is 0 Å². The molecule has 0 aromatic carbocycles. The number of allylic oxidation sites excluding steroid dienone is 2. The average Bonchev–Trinajstić information content (AvgIpc) is 3.24. The van der Waals surface area contributed by atoms with Crippen LogP contribution in [0.1, 0.15) is 271 Å². The molecule has 0 bridgehead atoms. The van der Waals surface area contributed by atoms with Gasteiger partial charge in [-0.2, -0.15) is 0 Å². The number of nitrogens with zero attached hydrogens (tertiary/aromatic N) is 1. The first kappa shape index (κ1) is 62.2. The van der Waals surface area contributed by atoms with Crippen molar-refractivity contribution in [3.63, 3.8) is 0 Å². The van der Waals surface area contributed by atoms with E-state index in [2.05, 4.69) is 26.0 Å². The Morgan fingerprint density at radius 2 is 0.825 bits per heavy atom. The van der Waals surface area contributed by atoms with Gasteiger partial charge in [-0.25, -0.2) is 4.57 Å². The van der Waals surface area contributed by atoms with E-state index in [1.54, 1.807) is 0 Å². The molecule has 0 aliphatic heterocycles. The average molecular weight is 915 g/mol. The molecule has 1 N–H and O–H groups in total. The fourth-order valence-electron chi connectivity index (χ4n) is 8.08. The van der Waals surface area contributed by atoms with Crippen LogP contribution in [0.4, 0.5) is 0 Å². The molecule has 63 heavy (non-hydrogen) atoms. The Balaban J connectivity index is 4.06. The molecule has 0 fully saturated rings. The molecule has 0 saturated heterocycles. The molecule has 0 heterocycles. The van der Waals surface area contributed by atoms with Crippen LogP contribution in [0.25, 0.3) is 0 Å². The van der Waals surface area contributed by atoms with Crippen LogP contribution in [0.3, 0.4) is 0 Å². The number of phosphoric acid groups is 1. The molecule has 0 radical (unpaired) electrons. The summed E-state index contributed by atoms with van der Waals surface area (Å²) in [5.41, 5.74) is 0. The molecule has 0 rings (SSSR count). The fraction of sp³-hybridized carbons (Fsp3) is 0.944. The van der Waals surface area contributed by atoms with Gasteiger partial charge in [-0.05, 0) is 38.5 Å². The zero-order chi connectivity index (χ0) is 46.2. The first-order valence-electron chi connectivity index (χ1n) is 27.4. The van der Waals surface area contributed by atoms with E-state index in [0.29, 0.717) is 24.1 Å². The molecular weight excluding hydrogens is 806 g/mol. The summed E-state index contributed by atoms with van der Waals surface area (Å²) in [6, 6.07) is 0. The zero-order valence-corrected chi connectivity index (χ0v) is 43.7. The molecule has 2 unspecified atom stereocenters. The lowest BCUT2D eigenvalue weighted by molar-refractivity contribution is -0.870. The van der Waals surface area contributed by atoms with Crippen molar-refractivity contribution in [2.24, 2.45) is 0 Å². The van der Waals surface area contributed by atoms with Gasteiger partial charge in [0.2, 0.25) is 0 Å². The van der Waals surface area contributed by atoms with Gasteiger partial charge in [0.15, 0.2) is 0 Å². The van der Waals surface area contributed by atoms with Gasteiger partial charge >= 0.3 is 13.8 Å². The maximum absolute atomic E-state index is 12.8. The van der Waals surface area contributed by atoms with Gasteiger partial charge in [0, 0.05) is 13.0 Å². The Hall–Kier alpha value is -0.760. The van der Waals surface area contributed by atoms with Crippen molar-refractivity contribution in [2.45, 2.75) is 277 Å². The third-order valence-corrected chi connectivity index (χ3v) is 13.3. The number of likely N-dealkylation sites (N-methyl/N-ethyl adjacent to an activating group) is 1.